The van der Waals surface area contributed by atoms with Gasteiger partial charge in [0.05, 0.1) is 18.6 Å². The van der Waals surface area contributed by atoms with Crippen LogP contribution in [-0.2, 0) is 4.79 Å². The van der Waals surface area contributed by atoms with Gasteiger partial charge in [-0.1, -0.05) is 0 Å². The summed E-state index contributed by atoms with van der Waals surface area (Å²) in [7, 11) is 0. The first-order valence-electron chi connectivity index (χ1n) is 4.49. The molecule has 69 valence electrons. The standard InChI is InChI=1S/C9H18N2O/c1-9(2,3)11(8-12)6-4-10-5-7-11/h10H,4-7H2,1-3H3/q+1. The molecule has 0 aromatic carbocycles. The maximum atomic E-state index is 10.9. The van der Waals surface area contributed by atoms with Crippen LogP contribution in [0.2, 0.25) is 0 Å². The minimum Gasteiger partial charge on any atom is -0.306 e. The van der Waals surface area contributed by atoms with Crippen LogP contribution in [0.3, 0.4) is 0 Å². The molecule has 0 atom stereocenters. The van der Waals surface area contributed by atoms with E-state index in [1.165, 1.54) is 0 Å². The molecule has 12 heavy (non-hydrogen) atoms. The zero-order valence-electron chi connectivity index (χ0n) is 8.18. The van der Waals surface area contributed by atoms with Crippen LogP contribution in [0, 0.1) is 0 Å². The Hall–Kier alpha value is -0.410. The Morgan fingerprint density at radius 3 is 2.00 bits per heavy atom. The van der Waals surface area contributed by atoms with Crippen LogP contribution >= 0.6 is 0 Å². The number of nitrogens with one attached hydrogen (secondary N) is 1. The van der Waals surface area contributed by atoms with Crippen LogP contribution in [0.4, 0.5) is 0 Å². The lowest BCUT2D eigenvalue weighted by atomic mass is 10.0. The van der Waals surface area contributed by atoms with E-state index >= 15 is 0 Å². The van der Waals surface area contributed by atoms with Crippen molar-refractivity contribution in [1.29, 1.82) is 0 Å². The summed E-state index contributed by atoms with van der Waals surface area (Å²) in [6.07, 6.45) is 2.20. The highest BCUT2D eigenvalue weighted by atomic mass is 16.1. The molecule has 0 bridgehead atoms. The van der Waals surface area contributed by atoms with E-state index in [-0.39, 0.29) is 5.54 Å². The maximum absolute atomic E-state index is 10.9. The molecule has 0 spiro atoms. The highest BCUT2D eigenvalue weighted by Crippen LogP contribution is 2.22. The van der Waals surface area contributed by atoms with Crippen molar-refractivity contribution in [3.05, 3.63) is 0 Å². The molecule has 1 fully saturated rings. The quantitative estimate of drug-likeness (QED) is 0.572. The number of amides is 1. The van der Waals surface area contributed by atoms with Crippen LogP contribution in [0.1, 0.15) is 20.8 Å². The number of quaternary nitrogens is 1. The Labute approximate surface area is 74.3 Å². The fraction of sp³-hybridized carbons (Fsp3) is 0.889. The molecular formula is C9H18N2O+. The fourth-order valence-electron chi connectivity index (χ4n) is 1.68. The largest absolute Gasteiger partial charge is 0.443 e. The summed E-state index contributed by atoms with van der Waals surface area (Å²) in [5.74, 6) is 0. The fourth-order valence-corrected chi connectivity index (χ4v) is 1.68. The van der Waals surface area contributed by atoms with Crippen molar-refractivity contribution in [3.63, 3.8) is 0 Å². The number of hydrogen-bond acceptors (Lipinski definition) is 2. The predicted octanol–water partition coefficient (Wildman–Crippen LogP) is 0.272. The van der Waals surface area contributed by atoms with E-state index in [1.54, 1.807) is 0 Å². The lowest BCUT2D eigenvalue weighted by Gasteiger charge is -2.44. The molecule has 1 rings (SSSR count). The van der Waals surface area contributed by atoms with Crippen LogP contribution < -0.4 is 5.32 Å². The van der Waals surface area contributed by atoms with E-state index in [2.05, 4.69) is 32.5 Å². The third-order valence-corrected chi connectivity index (χ3v) is 2.80. The van der Waals surface area contributed by atoms with Gasteiger partial charge in [0.2, 0.25) is 0 Å². The van der Waals surface area contributed by atoms with Crippen LogP contribution in [0.25, 0.3) is 0 Å². The average Bonchev–Trinajstić information content (AvgIpc) is 2.04. The van der Waals surface area contributed by atoms with Crippen molar-refractivity contribution < 1.29 is 9.28 Å². The van der Waals surface area contributed by atoms with E-state index in [0.29, 0.717) is 4.48 Å². The third kappa shape index (κ3) is 1.52. The van der Waals surface area contributed by atoms with Gasteiger partial charge in [0.25, 0.3) is 0 Å². The molecule has 0 aromatic heterocycles. The second-order valence-corrected chi connectivity index (χ2v) is 4.43. The van der Waals surface area contributed by atoms with E-state index in [9.17, 15) is 4.79 Å². The van der Waals surface area contributed by atoms with Crippen LogP contribution in [0.15, 0.2) is 0 Å². The zero-order valence-corrected chi connectivity index (χ0v) is 8.18. The molecule has 0 unspecified atom stereocenters. The molecule has 1 heterocycles. The van der Waals surface area contributed by atoms with Gasteiger partial charge in [-0.05, 0) is 20.8 Å². The van der Waals surface area contributed by atoms with Crippen molar-refractivity contribution in [2.75, 3.05) is 26.2 Å². The smallest absolute Gasteiger partial charge is 0.306 e. The van der Waals surface area contributed by atoms with Crippen molar-refractivity contribution in [2.45, 2.75) is 26.3 Å². The second kappa shape index (κ2) is 3.15. The van der Waals surface area contributed by atoms with E-state index in [0.717, 1.165) is 26.2 Å². The average molecular weight is 170 g/mol. The molecule has 0 aliphatic carbocycles. The minimum atomic E-state index is -0.0101. The highest BCUT2D eigenvalue weighted by molar-refractivity contribution is 5.39. The Morgan fingerprint density at radius 1 is 1.25 bits per heavy atom. The zero-order chi connectivity index (χ0) is 9.24. The normalized spacial score (nSPS) is 23.6. The molecule has 1 saturated heterocycles. The van der Waals surface area contributed by atoms with Crippen LogP contribution in [0.5, 0.6) is 0 Å². The first-order valence-corrected chi connectivity index (χ1v) is 4.49. The minimum absolute atomic E-state index is 0.0101. The Balaban J connectivity index is 2.80. The van der Waals surface area contributed by atoms with E-state index in [1.807, 2.05) is 0 Å². The van der Waals surface area contributed by atoms with Crippen molar-refractivity contribution >= 4 is 6.41 Å². The molecule has 0 saturated carbocycles. The lowest BCUT2D eigenvalue weighted by Crippen LogP contribution is -2.66. The second-order valence-electron chi connectivity index (χ2n) is 4.43. The van der Waals surface area contributed by atoms with Crippen molar-refractivity contribution in [2.24, 2.45) is 0 Å². The number of rotatable bonds is 1. The summed E-state index contributed by atoms with van der Waals surface area (Å²) in [4.78, 5) is 10.9. The molecule has 3 nitrogen and oxygen atoms in total. The van der Waals surface area contributed by atoms with Gasteiger partial charge in [0.15, 0.2) is 0 Å². The molecule has 1 amide bonds. The van der Waals surface area contributed by atoms with Gasteiger partial charge in [-0.2, -0.15) is 0 Å². The monoisotopic (exact) mass is 170 g/mol. The Morgan fingerprint density at radius 2 is 1.75 bits per heavy atom. The topological polar surface area (TPSA) is 29.1 Å². The van der Waals surface area contributed by atoms with Crippen molar-refractivity contribution in [1.82, 2.24) is 5.32 Å². The first kappa shape index (κ1) is 9.68. The molecule has 1 aliphatic rings. The maximum Gasteiger partial charge on any atom is 0.443 e. The summed E-state index contributed by atoms with van der Waals surface area (Å²) in [5, 5.41) is 3.25. The third-order valence-electron chi connectivity index (χ3n) is 2.80. The number of nitrogens with zero attached hydrogens (tertiary/aromatic N) is 1. The molecule has 0 aromatic rings. The summed E-state index contributed by atoms with van der Waals surface area (Å²) in [5.41, 5.74) is -0.0101. The van der Waals surface area contributed by atoms with Gasteiger partial charge in [-0.25, -0.2) is 9.28 Å². The van der Waals surface area contributed by atoms with Gasteiger partial charge in [-0.15, -0.1) is 0 Å². The van der Waals surface area contributed by atoms with Gasteiger partial charge in [0.1, 0.15) is 0 Å². The lowest BCUT2D eigenvalue weighted by molar-refractivity contribution is -0.888. The molecule has 3 heteroatoms. The van der Waals surface area contributed by atoms with Crippen LogP contribution in [-0.4, -0.2) is 42.6 Å². The molecular weight excluding hydrogens is 152 g/mol. The Bertz CT molecular complexity index is 166. The summed E-state index contributed by atoms with van der Waals surface area (Å²) in [6.45, 7) is 9.88. The van der Waals surface area contributed by atoms with E-state index in [4.69, 9.17) is 0 Å². The number of hydrogen-bond donors (Lipinski definition) is 1. The van der Waals surface area contributed by atoms with Gasteiger partial charge >= 0.3 is 6.41 Å². The summed E-state index contributed by atoms with van der Waals surface area (Å²) in [6, 6.07) is 0. The highest BCUT2D eigenvalue weighted by Gasteiger charge is 2.42. The predicted molar refractivity (Wildman–Crippen MR) is 48.3 cm³/mol. The van der Waals surface area contributed by atoms with Crippen molar-refractivity contribution in [3.8, 4) is 0 Å². The first-order chi connectivity index (χ1) is 5.52. The Kier molecular flexibility index (Phi) is 2.54. The number of piperazine rings is 1. The molecule has 1 radical (unpaired) electrons. The van der Waals surface area contributed by atoms with E-state index < -0.39 is 0 Å². The summed E-state index contributed by atoms with van der Waals surface area (Å²) >= 11 is 0. The number of carbonyl (C=O) groups excluding carboxylic acids is 1. The molecule has 1 aliphatic heterocycles. The molecule has 1 N–H and O–H groups in total. The SMILES string of the molecule is CC(C)(C)[N+]1([C]=O)CCNCC1. The van der Waals surface area contributed by atoms with Gasteiger partial charge < -0.3 is 5.32 Å². The summed E-state index contributed by atoms with van der Waals surface area (Å²) < 4.78 is 0.472. The van der Waals surface area contributed by atoms with Gasteiger partial charge in [-0.3, -0.25) is 0 Å². The van der Waals surface area contributed by atoms with Gasteiger partial charge in [0, 0.05) is 13.1 Å².